The topological polar surface area (TPSA) is 134 Å². The van der Waals surface area contributed by atoms with Gasteiger partial charge < -0.3 is 20.1 Å². The molecule has 9 nitrogen and oxygen atoms in total. The van der Waals surface area contributed by atoms with E-state index < -0.39 is 32.5 Å². The second-order valence-electron chi connectivity index (χ2n) is 14.5. The zero-order valence-corrected chi connectivity index (χ0v) is 36.9. The summed E-state index contributed by atoms with van der Waals surface area (Å²) in [5.74, 6) is -0.916. The molecular formula is C47H82NO8P. The fraction of sp³-hybridized carbons (Fsp3) is 0.702. The van der Waals surface area contributed by atoms with Crippen molar-refractivity contribution in [2.24, 2.45) is 5.73 Å². The Morgan fingerprint density at radius 3 is 1.51 bits per heavy atom. The summed E-state index contributed by atoms with van der Waals surface area (Å²) >= 11 is 0. The standard InChI is InChI=1S/C47H82NO8P/c1-3-5-7-9-11-13-15-17-18-19-20-21-22-23-24-25-26-28-29-31-33-35-37-39-46(49)53-43-45(44-55-57(51,52)54-42-41-48)56-47(50)40-38-36-34-32-30-27-16-14-12-10-8-6-4-2/h5,7,11,13,17-18,20-21,27,30,34,36,45H,3-4,6,8-10,12,14-16,19,22-26,28-29,31-33,35,37-44,48H2,1-2H3,(H,51,52)/b7-5+,13-11+,18-17+,21-20+,30-27+,36-34+. The number of ether oxygens (including phenoxy) is 2. The van der Waals surface area contributed by atoms with Crippen LogP contribution in [0.4, 0.5) is 0 Å². The van der Waals surface area contributed by atoms with Crippen LogP contribution in [0.1, 0.15) is 181 Å². The summed E-state index contributed by atoms with van der Waals surface area (Å²) in [5.41, 5.74) is 5.34. The number of hydrogen-bond donors (Lipinski definition) is 2. The van der Waals surface area contributed by atoms with E-state index in [4.69, 9.17) is 24.3 Å². The quantitative estimate of drug-likeness (QED) is 0.0267. The van der Waals surface area contributed by atoms with Crippen LogP contribution in [0, 0.1) is 0 Å². The maximum atomic E-state index is 12.5. The normalized spacial score (nSPS) is 14.0. The van der Waals surface area contributed by atoms with E-state index in [1.54, 1.807) is 0 Å². The van der Waals surface area contributed by atoms with Crippen LogP contribution in [0.25, 0.3) is 0 Å². The molecule has 0 bridgehead atoms. The van der Waals surface area contributed by atoms with Crippen molar-refractivity contribution in [3.8, 4) is 0 Å². The van der Waals surface area contributed by atoms with Crippen LogP contribution in [-0.2, 0) is 32.7 Å². The second-order valence-corrected chi connectivity index (χ2v) is 16.0. The summed E-state index contributed by atoms with van der Waals surface area (Å²) in [4.78, 5) is 34.8. The Hall–Kier alpha value is -2.55. The van der Waals surface area contributed by atoms with Gasteiger partial charge in [0.1, 0.15) is 6.61 Å². The van der Waals surface area contributed by atoms with Crippen molar-refractivity contribution in [1.29, 1.82) is 0 Å². The van der Waals surface area contributed by atoms with Gasteiger partial charge in [-0.25, -0.2) is 4.57 Å². The molecule has 0 aliphatic rings. The number of phosphoric ester groups is 1. The third-order valence-corrected chi connectivity index (χ3v) is 10.1. The lowest BCUT2D eigenvalue weighted by atomic mass is 10.1. The number of carbonyl (C=O) groups is 2. The first-order valence-corrected chi connectivity index (χ1v) is 23.9. The Bertz CT molecular complexity index is 1160. The van der Waals surface area contributed by atoms with Gasteiger partial charge in [-0.3, -0.25) is 18.6 Å². The molecule has 0 aromatic carbocycles. The number of carbonyl (C=O) groups excluding carboxylic acids is 2. The molecule has 0 amide bonds. The van der Waals surface area contributed by atoms with Gasteiger partial charge in [-0.15, -0.1) is 0 Å². The van der Waals surface area contributed by atoms with E-state index in [0.29, 0.717) is 6.42 Å². The second kappa shape index (κ2) is 43.0. The molecule has 0 radical (unpaired) electrons. The number of phosphoric acid groups is 1. The number of rotatable bonds is 41. The van der Waals surface area contributed by atoms with Crippen LogP contribution in [0.3, 0.4) is 0 Å². The minimum absolute atomic E-state index is 0.0422. The van der Waals surface area contributed by atoms with Crippen LogP contribution in [-0.4, -0.2) is 49.3 Å². The zero-order chi connectivity index (χ0) is 41.8. The van der Waals surface area contributed by atoms with Gasteiger partial charge in [0.2, 0.25) is 0 Å². The highest BCUT2D eigenvalue weighted by Crippen LogP contribution is 2.43. The molecule has 10 heteroatoms. The van der Waals surface area contributed by atoms with Gasteiger partial charge in [0.15, 0.2) is 6.10 Å². The van der Waals surface area contributed by atoms with Gasteiger partial charge in [0.25, 0.3) is 0 Å². The van der Waals surface area contributed by atoms with Crippen molar-refractivity contribution in [2.75, 3.05) is 26.4 Å². The van der Waals surface area contributed by atoms with E-state index in [9.17, 15) is 19.0 Å². The van der Waals surface area contributed by atoms with Crippen LogP contribution in [0.15, 0.2) is 72.9 Å². The first-order valence-electron chi connectivity index (χ1n) is 22.4. The summed E-state index contributed by atoms with van der Waals surface area (Å²) in [7, 11) is -4.39. The van der Waals surface area contributed by atoms with Crippen LogP contribution in [0.5, 0.6) is 0 Å². The van der Waals surface area contributed by atoms with Crippen molar-refractivity contribution in [3.05, 3.63) is 72.9 Å². The predicted octanol–water partition coefficient (Wildman–Crippen LogP) is 13.1. The maximum absolute atomic E-state index is 12.5. The van der Waals surface area contributed by atoms with Crippen LogP contribution >= 0.6 is 7.82 Å². The highest BCUT2D eigenvalue weighted by atomic mass is 31.2. The number of unbranched alkanes of at least 4 members (excludes halogenated alkanes) is 16. The van der Waals surface area contributed by atoms with E-state index in [2.05, 4.69) is 74.6 Å². The van der Waals surface area contributed by atoms with Crippen molar-refractivity contribution in [1.82, 2.24) is 0 Å². The molecule has 0 aromatic heterocycles. The molecule has 328 valence electrons. The minimum Gasteiger partial charge on any atom is -0.462 e. The molecule has 0 saturated carbocycles. The minimum atomic E-state index is -4.39. The van der Waals surface area contributed by atoms with Gasteiger partial charge in [-0.05, 0) is 70.6 Å². The number of hydrogen-bond acceptors (Lipinski definition) is 8. The fourth-order valence-electron chi connectivity index (χ4n) is 5.80. The lowest BCUT2D eigenvalue weighted by Crippen LogP contribution is -2.29. The van der Waals surface area contributed by atoms with Crippen molar-refractivity contribution in [2.45, 2.75) is 187 Å². The SMILES string of the molecule is CC/C=C/C/C=C/C/C=C/C/C=C/CCCCCCCCCCCCC(=O)OCC(COP(=O)(O)OCCN)OC(=O)CC/C=C/C/C=C/CCCCCCCC. The molecule has 0 aliphatic heterocycles. The third kappa shape index (κ3) is 42.9. The Balaban J connectivity index is 4.13. The first-order chi connectivity index (χ1) is 27.8. The van der Waals surface area contributed by atoms with Crippen molar-refractivity contribution in [3.63, 3.8) is 0 Å². The molecule has 2 atom stereocenters. The first kappa shape index (κ1) is 54.5. The molecule has 0 fully saturated rings. The molecule has 2 unspecified atom stereocenters. The van der Waals surface area contributed by atoms with E-state index in [0.717, 1.165) is 70.6 Å². The van der Waals surface area contributed by atoms with Crippen LogP contribution < -0.4 is 5.73 Å². The van der Waals surface area contributed by atoms with E-state index in [1.165, 1.54) is 77.0 Å². The van der Waals surface area contributed by atoms with Gasteiger partial charge in [-0.1, -0.05) is 170 Å². The van der Waals surface area contributed by atoms with E-state index in [1.807, 2.05) is 12.2 Å². The monoisotopic (exact) mass is 820 g/mol. The lowest BCUT2D eigenvalue weighted by molar-refractivity contribution is -0.161. The summed E-state index contributed by atoms with van der Waals surface area (Å²) in [6, 6.07) is 0. The molecule has 3 N–H and O–H groups in total. The van der Waals surface area contributed by atoms with Gasteiger partial charge >= 0.3 is 19.8 Å². The van der Waals surface area contributed by atoms with Gasteiger partial charge in [0.05, 0.1) is 13.2 Å². The number of nitrogens with two attached hydrogens (primary N) is 1. The molecule has 0 saturated heterocycles. The predicted molar refractivity (Wildman–Crippen MR) is 238 cm³/mol. The number of esters is 2. The Morgan fingerprint density at radius 1 is 0.544 bits per heavy atom. The average molecular weight is 820 g/mol. The van der Waals surface area contributed by atoms with E-state index in [-0.39, 0.29) is 32.6 Å². The number of allylic oxidation sites excluding steroid dienone is 12. The summed E-state index contributed by atoms with van der Waals surface area (Å²) in [5, 5.41) is 0. The highest BCUT2D eigenvalue weighted by Gasteiger charge is 2.25. The van der Waals surface area contributed by atoms with Gasteiger partial charge in [0, 0.05) is 19.4 Å². The average Bonchev–Trinajstić information content (AvgIpc) is 3.20. The molecule has 0 heterocycles. The smallest absolute Gasteiger partial charge is 0.462 e. The summed E-state index contributed by atoms with van der Waals surface area (Å²) in [6.07, 6.45) is 52.4. The van der Waals surface area contributed by atoms with Crippen molar-refractivity contribution < 1.29 is 37.6 Å². The molecule has 0 spiro atoms. The molecule has 0 rings (SSSR count). The Labute approximate surface area is 348 Å². The maximum Gasteiger partial charge on any atom is 0.472 e. The fourth-order valence-corrected chi connectivity index (χ4v) is 6.56. The summed E-state index contributed by atoms with van der Waals surface area (Å²) < 4.78 is 32.7. The molecule has 0 aliphatic carbocycles. The summed E-state index contributed by atoms with van der Waals surface area (Å²) in [6.45, 7) is 3.53. The molecule has 0 aromatic rings. The zero-order valence-electron chi connectivity index (χ0n) is 36.0. The van der Waals surface area contributed by atoms with Crippen molar-refractivity contribution >= 4 is 19.8 Å². The molecular weight excluding hydrogens is 737 g/mol. The third-order valence-electron chi connectivity index (χ3n) is 9.09. The highest BCUT2D eigenvalue weighted by molar-refractivity contribution is 7.47. The lowest BCUT2D eigenvalue weighted by Gasteiger charge is -2.19. The van der Waals surface area contributed by atoms with Gasteiger partial charge in [-0.2, -0.15) is 0 Å². The Morgan fingerprint density at radius 2 is 1.00 bits per heavy atom. The molecule has 57 heavy (non-hydrogen) atoms. The largest absolute Gasteiger partial charge is 0.472 e. The van der Waals surface area contributed by atoms with E-state index >= 15 is 0 Å². The van der Waals surface area contributed by atoms with Crippen LogP contribution in [0.2, 0.25) is 0 Å². The Kier molecular flexibility index (Phi) is 41.1.